The third-order valence-corrected chi connectivity index (χ3v) is 8.17. The molecule has 2 aromatic carbocycles. The molecule has 1 aliphatic heterocycles. The lowest BCUT2D eigenvalue weighted by Crippen LogP contribution is -2.47. The Kier molecular flexibility index (Phi) is 7.76. The van der Waals surface area contributed by atoms with E-state index in [0.29, 0.717) is 5.13 Å². The van der Waals surface area contributed by atoms with Gasteiger partial charge in [-0.3, -0.25) is 9.80 Å². The number of nitrogens with zero attached hydrogens (tertiary/aromatic N) is 4. The van der Waals surface area contributed by atoms with Gasteiger partial charge in [-0.15, -0.1) is 11.3 Å². The monoisotopic (exact) mass is 490 g/mol. The highest BCUT2D eigenvalue weighted by molar-refractivity contribution is 7.14. The van der Waals surface area contributed by atoms with Gasteiger partial charge in [0.15, 0.2) is 5.13 Å². The van der Waals surface area contributed by atoms with Crippen molar-refractivity contribution >= 4 is 22.6 Å². The van der Waals surface area contributed by atoms with E-state index in [0.717, 1.165) is 64.1 Å². The summed E-state index contributed by atoms with van der Waals surface area (Å²) in [6.45, 7) is 4.66. The van der Waals surface area contributed by atoms with E-state index in [-0.39, 0.29) is 12.1 Å². The van der Waals surface area contributed by atoms with Crippen molar-refractivity contribution in [2.75, 3.05) is 31.1 Å². The molecule has 3 aromatic rings. The van der Waals surface area contributed by atoms with Gasteiger partial charge < -0.3 is 5.11 Å². The molecular weight excluding hydrogens is 456 g/mol. The van der Waals surface area contributed by atoms with Gasteiger partial charge in [0.1, 0.15) is 0 Å². The first-order valence-corrected chi connectivity index (χ1v) is 13.6. The minimum absolute atomic E-state index is 0.0664. The summed E-state index contributed by atoms with van der Waals surface area (Å²) in [5, 5.41) is 12.5. The van der Waals surface area contributed by atoms with Crippen LogP contribution in [0.1, 0.15) is 55.0 Å². The maximum Gasteiger partial charge on any atom is 0.413 e. The van der Waals surface area contributed by atoms with Crippen LogP contribution in [0.25, 0.3) is 0 Å². The molecule has 1 amide bonds. The second-order valence-corrected chi connectivity index (χ2v) is 10.4. The predicted octanol–water partition coefficient (Wildman–Crippen LogP) is 5.87. The van der Waals surface area contributed by atoms with Crippen molar-refractivity contribution in [2.24, 2.45) is 0 Å². The number of piperazine rings is 1. The van der Waals surface area contributed by atoms with Crippen LogP contribution < -0.4 is 4.90 Å². The minimum atomic E-state index is -0.876. The summed E-state index contributed by atoms with van der Waals surface area (Å²) >= 11 is 1.47. The summed E-state index contributed by atoms with van der Waals surface area (Å²) in [7, 11) is 0. The van der Waals surface area contributed by atoms with E-state index in [2.05, 4.69) is 70.5 Å². The Bertz CT molecular complexity index is 1040. The van der Waals surface area contributed by atoms with E-state index in [1.807, 2.05) is 5.38 Å². The minimum Gasteiger partial charge on any atom is -0.465 e. The molecule has 6 nitrogen and oxygen atoms in total. The van der Waals surface area contributed by atoms with Crippen LogP contribution in [0.2, 0.25) is 0 Å². The lowest BCUT2D eigenvalue weighted by atomic mass is 9.95. The van der Waals surface area contributed by atoms with Crippen LogP contribution in [0.15, 0.2) is 66.0 Å². The average molecular weight is 491 g/mol. The number of carboxylic acid groups (broad SMARTS) is 1. The smallest absolute Gasteiger partial charge is 0.413 e. The van der Waals surface area contributed by atoms with E-state index >= 15 is 0 Å². The van der Waals surface area contributed by atoms with Gasteiger partial charge in [0.2, 0.25) is 0 Å². The van der Waals surface area contributed by atoms with Crippen LogP contribution in [0.3, 0.4) is 0 Å². The normalized spacial score (nSPS) is 18.1. The zero-order valence-corrected chi connectivity index (χ0v) is 20.9. The van der Waals surface area contributed by atoms with Crippen molar-refractivity contribution in [3.63, 3.8) is 0 Å². The summed E-state index contributed by atoms with van der Waals surface area (Å²) < 4.78 is 0. The molecular formula is C28H34N4O2S. The van der Waals surface area contributed by atoms with Crippen molar-refractivity contribution < 1.29 is 9.90 Å². The summed E-state index contributed by atoms with van der Waals surface area (Å²) in [6.07, 6.45) is 4.40. The number of amides is 1. The van der Waals surface area contributed by atoms with Gasteiger partial charge in [-0.05, 0) is 24.0 Å². The number of hydrogen-bond acceptors (Lipinski definition) is 5. The fourth-order valence-electron chi connectivity index (χ4n) is 5.51. The van der Waals surface area contributed by atoms with Gasteiger partial charge >= 0.3 is 6.09 Å². The Hall–Kier alpha value is -2.74. The van der Waals surface area contributed by atoms with Gasteiger partial charge in [-0.25, -0.2) is 14.7 Å². The molecule has 2 heterocycles. The maximum atomic E-state index is 12.0. The number of anilines is 1. The molecule has 0 unspecified atom stereocenters. The predicted molar refractivity (Wildman–Crippen MR) is 141 cm³/mol. The topological polar surface area (TPSA) is 59.9 Å². The average Bonchev–Trinajstić information content (AvgIpc) is 3.35. The highest BCUT2D eigenvalue weighted by Crippen LogP contribution is 2.32. The molecule has 35 heavy (non-hydrogen) atoms. The molecule has 2 fully saturated rings. The number of thiazole rings is 1. The molecule has 0 atom stereocenters. The van der Waals surface area contributed by atoms with Crippen LogP contribution in [0.5, 0.6) is 0 Å². The molecule has 1 saturated heterocycles. The van der Waals surface area contributed by atoms with E-state index in [1.54, 1.807) is 0 Å². The van der Waals surface area contributed by atoms with Gasteiger partial charge in [0, 0.05) is 44.1 Å². The van der Waals surface area contributed by atoms with Crippen LogP contribution >= 0.6 is 11.3 Å². The summed E-state index contributed by atoms with van der Waals surface area (Å²) in [5.41, 5.74) is 3.63. The molecule has 1 aliphatic carbocycles. The highest BCUT2D eigenvalue weighted by Gasteiger charge is 2.30. The molecule has 7 heteroatoms. The SMILES string of the molecule is O=C(O)N(c1nc(CN2CCN(C(c3ccccc3)c3ccccc3)CC2)cs1)C1CCCCC1. The Morgan fingerprint density at radius 1 is 0.943 bits per heavy atom. The van der Waals surface area contributed by atoms with Crippen molar-refractivity contribution in [3.8, 4) is 0 Å². The largest absolute Gasteiger partial charge is 0.465 e. The summed E-state index contributed by atoms with van der Waals surface area (Å²) in [5.74, 6) is 0. The highest BCUT2D eigenvalue weighted by atomic mass is 32.1. The van der Waals surface area contributed by atoms with E-state index < -0.39 is 6.09 Å². The number of aromatic nitrogens is 1. The Balaban J connectivity index is 1.23. The summed E-state index contributed by atoms with van der Waals surface area (Å²) in [6, 6.07) is 21.8. The zero-order valence-electron chi connectivity index (χ0n) is 20.1. The summed E-state index contributed by atoms with van der Waals surface area (Å²) in [4.78, 5) is 23.3. The molecule has 5 rings (SSSR count). The molecule has 0 bridgehead atoms. The van der Waals surface area contributed by atoms with Crippen molar-refractivity contribution in [3.05, 3.63) is 82.9 Å². The van der Waals surface area contributed by atoms with E-state index in [9.17, 15) is 9.90 Å². The zero-order chi connectivity index (χ0) is 24.0. The van der Waals surface area contributed by atoms with Gasteiger partial charge in [-0.2, -0.15) is 0 Å². The Morgan fingerprint density at radius 2 is 1.54 bits per heavy atom. The van der Waals surface area contributed by atoms with Crippen molar-refractivity contribution in [1.82, 2.24) is 14.8 Å². The van der Waals surface area contributed by atoms with E-state index in [4.69, 9.17) is 4.98 Å². The van der Waals surface area contributed by atoms with Crippen LogP contribution in [0.4, 0.5) is 9.93 Å². The lowest BCUT2D eigenvalue weighted by molar-refractivity contribution is 0.104. The standard InChI is InChI=1S/C28H34N4O2S/c33-28(34)32(25-14-8-3-9-15-25)27-29-24(21-35-27)20-30-16-18-31(19-17-30)26(22-10-4-1-5-11-22)23-12-6-2-7-13-23/h1-2,4-7,10-13,21,25-26H,3,8-9,14-20H2,(H,33,34). The number of rotatable bonds is 7. The van der Waals surface area contributed by atoms with Gasteiger partial charge in [0.25, 0.3) is 0 Å². The number of carbonyl (C=O) groups is 1. The Morgan fingerprint density at radius 3 is 2.11 bits per heavy atom. The first-order valence-electron chi connectivity index (χ1n) is 12.7. The fraction of sp³-hybridized carbons (Fsp3) is 0.429. The lowest BCUT2D eigenvalue weighted by Gasteiger charge is -2.39. The molecule has 1 N–H and O–H groups in total. The fourth-order valence-corrected chi connectivity index (χ4v) is 6.39. The molecule has 1 saturated carbocycles. The molecule has 184 valence electrons. The third-order valence-electron chi connectivity index (χ3n) is 7.28. The van der Waals surface area contributed by atoms with Crippen LogP contribution in [-0.4, -0.2) is 58.2 Å². The van der Waals surface area contributed by atoms with Gasteiger partial charge in [0.05, 0.1) is 11.7 Å². The van der Waals surface area contributed by atoms with Crippen LogP contribution in [-0.2, 0) is 6.54 Å². The Labute approximate surface area is 211 Å². The molecule has 0 spiro atoms. The first kappa shape index (κ1) is 24.0. The van der Waals surface area contributed by atoms with Gasteiger partial charge in [-0.1, -0.05) is 79.9 Å². The third kappa shape index (κ3) is 5.74. The quantitative estimate of drug-likeness (QED) is 0.449. The molecule has 0 radical (unpaired) electrons. The van der Waals surface area contributed by atoms with Crippen LogP contribution in [0, 0.1) is 0 Å². The second kappa shape index (κ2) is 11.3. The second-order valence-electron chi connectivity index (χ2n) is 9.60. The van der Waals surface area contributed by atoms with Crippen molar-refractivity contribution in [1.29, 1.82) is 0 Å². The molecule has 1 aromatic heterocycles. The number of benzene rings is 2. The van der Waals surface area contributed by atoms with Crippen molar-refractivity contribution in [2.45, 2.75) is 50.7 Å². The first-order chi connectivity index (χ1) is 17.2. The van der Waals surface area contributed by atoms with E-state index in [1.165, 1.54) is 33.8 Å². The maximum absolute atomic E-state index is 12.0. The molecule has 2 aliphatic rings. The number of hydrogen-bond donors (Lipinski definition) is 1.